The Morgan fingerprint density at radius 2 is 2.29 bits per heavy atom. The molecule has 0 radical (unpaired) electrons. The van der Waals surface area contributed by atoms with Crippen LogP contribution in [0.2, 0.25) is 0 Å². The quantitative estimate of drug-likeness (QED) is 0.669. The van der Waals surface area contributed by atoms with Crippen molar-refractivity contribution in [2.45, 2.75) is 24.8 Å². The number of thioether (sulfide) groups is 1. The second kappa shape index (κ2) is 7.03. The predicted octanol–water partition coefficient (Wildman–Crippen LogP) is 3.16. The summed E-state index contributed by atoms with van der Waals surface area (Å²) in [5, 5.41) is 9.43. The van der Waals surface area contributed by atoms with E-state index in [9.17, 15) is 9.90 Å². The van der Waals surface area contributed by atoms with Gasteiger partial charge in [-0.2, -0.15) is 0 Å². The van der Waals surface area contributed by atoms with Crippen molar-refractivity contribution in [1.82, 2.24) is 0 Å². The highest BCUT2D eigenvalue weighted by molar-refractivity contribution is 9.10. The topological polar surface area (TPSA) is 46.5 Å². The zero-order chi connectivity index (χ0) is 12.8. The lowest BCUT2D eigenvalue weighted by molar-refractivity contribution is -0.139. The lowest BCUT2D eigenvalue weighted by Gasteiger charge is -2.08. The Hall–Kier alpha value is -0.520. The molecule has 1 aromatic carbocycles. The van der Waals surface area contributed by atoms with Gasteiger partial charge in [0.05, 0.1) is 18.5 Å². The number of ether oxygens (including phenoxy) is 1. The van der Waals surface area contributed by atoms with Crippen LogP contribution in [-0.4, -0.2) is 23.4 Å². The van der Waals surface area contributed by atoms with Crippen molar-refractivity contribution in [3.8, 4) is 0 Å². The molecule has 0 spiro atoms. The van der Waals surface area contributed by atoms with Gasteiger partial charge in [-0.05, 0) is 47.5 Å². The second-order valence-electron chi connectivity index (χ2n) is 3.46. The highest BCUT2D eigenvalue weighted by atomic mass is 79.9. The molecule has 1 N–H and O–H groups in total. The van der Waals surface area contributed by atoms with Crippen molar-refractivity contribution in [2.75, 3.05) is 12.4 Å². The highest BCUT2D eigenvalue weighted by Crippen LogP contribution is 2.30. The van der Waals surface area contributed by atoms with Crippen LogP contribution in [0.25, 0.3) is 0 Å². The summed E-state index contributed by atoms with van der Waals surface area (Å²) in [7, 11) is 0. The zero-order valence-electron chi connectivity index (χ0n) is 9.77. The van der Waals surface area contributed by atoms with Crippen molar-refractivity contribution >= 4 is 33.7 Å². The Balaban J connectivity index is 2.63. The Labute approximate surface area is 114 Å². The molecule has 17 heavy (non-hydrogen) atoms. The van der Waals surface area contributed by atoms with Gasteiger partial charge in [0.2, 0.25) is 0 Å². The number of halogens is 1. The number of aliphatic hydroxyl groups excluding tert-OH is 1. The summed E-state index contributed by atoms with van der Waals surface area (Å²) in [6, 6.07) is 5.59. The Kier molecular flexibility index (Phi) is 6.02. The van der Waals surface area contributed by atoms with Gasteiger partial charge in [-0.15, -0.1) is 11.8 Å². The third-order valence-electron chi connectivity index (χ3n) is 2.09. The Morgan fingerprint density at radius 1 is 1.59 bits per heavy atom. The average molecular weight is 319 g/mol. The number of carbonyl (C=O) groups is 1. The summed E-state index contributed by atoms with van der Waals surface area (Å²) in [6.45, 7) is 3.91. The minimum atomic E-state index is -0.490. The monoisotopic (exact) mass is 318 g/mol. The van der Waals surface area contributed by atoms with E-state index >= 15 is 0 Å². The molecule has 3 nitrogen and oxygen atoms in total. The summed E-state index contributed by atoms with van der Waals surface area (Å²) >= 11 is 4.83. The Bertz CT molecular complexity index is 393. The number of benzene rings is 1. The highest BCUT2D eigenvalue weighted by Gasteiger charge is 2.08. The lowest BCUT2D eigenvalue weighted by Crippen LogP contribution is -2.06. The maximum atomic E-state index is 11.2. The number of rotatable bonds is 5. The summed E-state index contributed by atoms with van der Waals surface area (Å²) in [6.07, 6.45) is -0.490. The summed E-state index contributed by atoms with van der Waals surface area (Å²) in [4.78, 5) is 12.2. The zero-order valence-corrected chi connectivity index (χ0v) is 12.2. The number of hydrogen-bond acceptors (Lipinski definition) is 4. The minimum absolute atomic E-state index is 0.219. The molecule has 0 heterocycles. The van der Waals surface area contributed by atoms with Crippen molar-refractivity contribution in [1.29, 1.82) is 0 Å². The molecule has 0 aliphatic heterocycles. The van der Waals surface area contributed by atoms with E-state index in [4.69, 9.17) is 4.74 Å². The first-order chi connectivity index (χ1) is 8.04. The second-order valence-corrected chi connectivity index (χ2v) is 5.33. The molecular formula is C12H15BrO3S. The largest absolute Gasteiger partial charge is 0.465 e. The molecule has 1 atom stereocenters. The smallest absolute Gasteiger partial charge is 0.316 e. The van der Waals surface area contributed by atoms with Crippen LogP contribution in [0.15, 0.2) is 27.6 Å². The van der Waals surface area contributed by atoms with E-state index in [0.29, 0.717) is 12.4 Å². The van der Waals surface area contributed by atoms with Crippen LogP contribution >= 0.6 is 27.7 Å². The van der Waals surface area contributed by atoms with Gasteiger partial charge in [-0.3, -0.25) is 4.79 Å². The number of esters is 1. The van der Waals surface area contributed by atoms with Crippen molar-refractivity contribution in [3.05, 3.63) is 28.2 Å². The van der Waals surface area contributed by atoms with Gasteiger partial charge < -0.3 is 9.84 Å². The van der Waals surface area contributed by atoms with Crippen LogP contribution < -0.4 is 0 Å². The number of hydrogen-bond donors (Lipinski definition) is 1. The first-order valence-corrected chi connectivity index (χ1v) is 7.08. The van der Waals surface area contributed by atoms with Crippen molar-refractivity contribution in [3.63, 3.8) is 0 Å². The van der Waals surface area contributed by atoms with Gasteiger partial charge >= 0.3 is 5.97 Å². The normalized spacial score (nSPS) is 12.2. The van der Waals surface area contributed by atoms with Gasteiger partial charge in [0, 0.05) is 9.37 Å². The minimum Gasteiger partial charge on any atom is -0.465 e. The molecule has 94 valence electrons. The maximum absolute atomic E-state index is 11.2. The first kappa shape index (κ1) is 14.5. The van der Waals surface area contributed by atoms with Gasteiger partial charge in [-0.1, -0.05) is 6.07 Å². The Morgan fingerprint density at radius 3 is 2.82 bits per heavy atom. The van der Waals surface area contributed by atoms with Crippen LogP contribution in [0.4, 0.5) is 0 Å². The third-order valence-corrected chi connectivity index (χ3v) is 4.05. The molecule has 0 saturated carbocycles. The van der Waals surface area contributed by atoms with Crippen LogP contribution in [-0.2, 0) is 9.53 Å². The molecule has 0 aromatic heterocycles. The SMILES string of the molecule is CCOC(=O)CSc1ccc([C@@H](C)O)cc1Br. The molecular weight excluding hydrogens is 304 g/mol. The van der Waals surface area contributed by atoms with Gasteiger partial charge in [0.15, 0.2) is 0 Å². The maximum Gasteiger partial charge on any atom is 0.316 e. The molecule has 0 bridgehead atoms. The summed E-state index contributed by atoms with van der Waals surface area (Å²) in [5.41, 5.74) is 0.845. The standard InChI is InChI=1S/C12H15BrO3S/c1-3-16-12(15)7-17-11-5-4-9(8(2)14)6-10(11)13/h4-6,8,14H,3,7H2,1-2H3/t8-/m1/s1. The number of carbonyl (C=O) groups excluding carboxylic acids is 1. The fourth-order valence-corrected chi connectivity index (χ4v) is 2.69. The molecule has 0 unspecified atom stereocenters. The van der Waals surface area contributed by atoms with Crippen molar-refractivity contribution in [2.24, 2.45) is 0 Å². The van der Waals surface area contributed by atoms with E-state index in [1.165, 1.54) is 11.8 Å². The molecule has 0 saturated heterocycles. The van der Waals surface area contributed by atoms with E-state index in [2.05, 4.69) is 15.9 Å². The molecule has 5 heteroatoms. The summed E-state index contributed by atoms with van der Waals surface area (Å²) in [5.74, 6) is 0.0736. The number of aliphatic hydroxyl groups is 1. The molecule has 0 amide bonds. The molecule has 1 aromatic rings. The van der Waals surface area contributed by atoms with E-state index in [0.717, 1.165) is 14.9 Å². The fraction of sp³-hybridized carbons (Fsp3) is 0.417. The van der Waals surface area contributed by atoms with E-state index in [-0.39, 0.29) is 5.97 Å². The van der Waals surface area contributed by atoms with Gasteiger partial charge in [-0.25, -0.2) is 0 Å². The van der Waals surface area contributed by atoms with Crippen LogP contribution in [0, 0.1) is 0 Å². The summed E-state index contributed by atoms with van der Waals surface area (Å²) < 4.78 is 5.73. The predicted molar refractivity (Wildman–Crippen MR) is 72.1 cm³/mol. The molecule has 0 aliphatic rings. The lowest BCUT2D eigenvalue weighted by atomic mass is 10.1. The fourth-order valence-electron chi connectivity index (χ4n) is 1.23. The van der Waals surface area contributed by atoms with Crippen LogP contribution in [0.1, 0.15) is 25.5 Å². The van der Waals surface area contributed by atoms with Crippen LogP contribution in [0.3, 0.4) is 0 Å². The first-order valence-electron chi connectivity index (χ1n) is 5.30. The third kappa shape index (κ3) is 4.69. The molecule has 0 aliphatic carbocycles. The van der Waals surface area contributed by atoms with E-state index in [1.54, 1.807) is 13.8 Å². The van der Waals surface area contributed by atoms with Gasteiger partial charge in [0.1, 0.15) is 0 Å². The van der Waals surface area contributed by atoms with E-state index in [1.807, 2.05) is 18.2 Å². The van der Waals surface area contributed by atoms with Gasteiger partial charge in [0.25, 0.3) is 0 Å². The van der Waals surface area contributed by atoms with E-state index < -0.39 is 6.10 Å². The molecule has 1 rings (SSSR count). The van der Waals surface area contributed by atoms with Crippen molar-refractivity contribution < 1.29 is 14.6 Å². The van der Waals surface area contributed by atoms with Crippen LogP contribution in [0.5, 0.6) is 0 Å². The molecule has 0 fully saturated rings. The average Bonchev–Trinajstić information content (AvgIpc) is 2.27.